The lowest BCUT2D eigenvalue weighted by Gasteiger charge is -2.18. The fourth-order valence-corrected chi connectivity index (χ4v) is 2.51. The van der Waals surface area contributed by atoms with Gasteiger partial charge in [0.15, 0.2) is 0 Å². The Kier molecular flexibility index (Phi) is 8.81. The van der Waals surface area contributed by atoms with Crippen LogP contribution in [0.25, 0.3) is 0 Å². The van der Waals surface area contributed by atoms with Crippen molar-refractivity contribution < 1.29 is 4.74 Å². The molecule has 20 heavy (non-hydrogen) atoms. The number of unbranched alkanes of at least 4 members (excludes halogenated alkanes) is 3. The second kappa shape index (κ2) is 10.5. The molecule has 0 aliphatic carbocycles. The third kappa shape index (κ3) is 6.76. The van der Waals surface area contributed by atoms with Gasteiger partial charge in [0.2, 0.25) is 0 Å². The molecule has 0 saturated heterocycles. The number of rotatable bonds is 11. The number of benzene rings is 1. The Morgan fingerprint density at radius 2 is 2.15 bits per heavy atom. The highest BCUT2D eigenvalue weighted by molar-refractivity contribution is 5.28. The van der Waals surface area contributed by atoms with Crippen molar-refractivity contribution in [2.75, 3.05) is 13.7 Å². The Balaban J connectivity index is 2.42. The van der Waals surface area contributed by atoms with Crippen molar-refractivity contribution in [1.29, 1.82) is 0 Å². The van der Waals surface area contributed by atoms with Crippen LogP contribution < -0.4 is 10.1 Å². The summed E-state index contributed by atoms with van der Waals surface area (Å²) in [6.45, 7) is 6.98. The van der Waals surface area contributed by atoms with Crippen LogP contribution in [0.2, 0.25) is 0 Å². The molecule has 1 rings (SSSR count). The number of ether oxygens (including phenoxy) is 1. The third-order valence-corrected chi connectivity index (χ3v) is 3.57. The average Bonchev–Trinajstić information content (AvgIpc) is 2.47. The Morgan fingerprint density at radius 1 is 1.30 bits per heavy atom. The number of likely N-dealkylation sites (N-methyl/N-ethyl adjacent to an activating group) is 1. The summed E-state index contributed by atoms with van der Waals surface area (Å²) >= 11 is 0. The van der Waals surface area contributed by atoms with E-state index < -0.39 is 0 Å². The van der Waals surface area contributed by atoms with E-state index in [9.17, 15) is 0 Å². The first kappa shape index (κ1) is 16.8. The van der Waals surface area contributed by atoms with Crippen LogP contribution in [-0.2, 0) is 6.42 Å². The standard InChI is InChI=1S/C18H29NO/c1-4-6-7-8-9-12-17(19-5-2)14-16-11-10-13-18(15-16)20-3/h4,10-11,13,15,17,19H,1,5-9,12,14H2,2-3H3. The minimum atomic E-state index is 0.566. The fourth-order valence-electron chi connectivity index (χ4n) is 2.51. The summed E-state index contributed by atoms with van der Waals surface area (Å²) < 4.78 is 5.29. The molecule has 0 aliphatic rings. The maximum absolute atomic E-state index is 5.29. The molecular weight excluding hydrogens is 246 g/mol. The number of allylic oxidation sites excluding steroid dienone is 1. The summed E-state index contributed by atoms with van der Waals surface area (Å²) in [7, 11) is 1.72. The van der Waals surface area contributed by atoms with E-state index in [0.717, 1.165) is 25.1 Å². The van der Waals surface area contributed by atoms with Crippen molar-refractivity contribution in [2.45, 2.75) is 51.5 Å². The lowest BCUT2D eigenvalue weighted by molar-refractivity contribution is 0.413. The van der Waals surface area contributed by atoms with Gasteiger partial charge in [0, 0.05) is 6.04 Å². The molecule has 0 aromatic heterocycles. The zero-order chi connectivity index (χ0) is 14.6. The van der Waals surface area contributed by atoms with Gasteiger partial charge in [-0.3, -0.25) is 0 Å². The van der Waals surface area contributed by atoms with Crippen molar-refractivity contribution in [2.24, 2.45) is 0 Å². The number of methoxy groups -OCH3 is 1. The summed E-state index contributed by atoms with van der Waals surface area (Å²) in [4.78, 5) is 0. The van der Waals surface area contributed by atoms with Gasteiger partial charge in [0.05, 0.1) is 7.11 Å². The van der Waals surface area contributed by atoms with E-state index in [2.05, 4.69) is 37.0 Å². The molecule has 1 aromatic rings. The summed E-state index contributed by atoms with van der Waals surface area (Å²) in [5.74, 6) is 0.948. The predicted molar refractivity (Wildman–Crippen MR) is 87.4 cm³/mol. The molecule has 1 aromatic carbocycles. The Morgan fingerprint density at radius 3 is 2.85 bits per heavy atom. The van der Waals surface area contributed by atoms with Crippen LogP contribution in [-0.4, -0.2) is 19.7 Å². The molecule has 0 spiro atoms. The predicted octanol–water partition coefficient (Wildman–Crippen LogP) is 4.35. The molecule has 0 aliphatic heterocycles. The van der Waals surface area contributed by atoms with Gasteiger partial charge in [-0.1, -0.05) is 38.0 Å². The van der Waals surface area contributed by atoms with Gasteiger partial charge in [-0.05, 0) is 49.9 Å². The SMILES string of the molecule is C=CCCCCCC(Cc1cccc(OC)c1)NCC. The molecule has 0 amide bonds. The topological polar surface area (TPSA) is 21.3 Å². The molecule has 0 fully saturated rings. The zero-order valence-corrected chi connectivity index (χ0v) is 13.0. The monoisotopic (exact) mass is 275 g/mol. The van der Waals surface area contributed by atoms with Crippen molar-refractivity contribution in [3.8, 4) is 5.75 Å². The molecular formula is C18H29NO. The second-order valence-corrected chi connectivity index (χ2v) is 5.24. The van der Waals surface area contributed by atoms with E-state index >= 15 is 0 Å². The van der Waals surface area contributed by atoms with Crippen LogP contribution in [0.1, 0.15) is 44.6 Å². The van der Waals surface area contributed by atoms with Gasteiger partial charge < -0.3 is 10.1 Å². The van der Waals surface area contributed by atoms with Crippen LogP contribution in [0.4, 0.5) is 0 Å². The number of hydrogen-bond donors (Lipinski definition) is 1. The Labute approximate surface area is 124 Å². The molecule has 2 heteroatoms. The van der Waals surface area contributed by atoms with Crippen molar-refractivity contribution in [1.82, 2.24) is 5.32 Å². The summed E-state index contributed by atoms with van der Waals surface area (Å²) in [6, 6.07) is 8.96. The lowest BCUT2D eigenvalue weighted by atomic mass is 9.99. The minimum Gasteiger partial charge on any atom is -0.497 e. The lowest BCUT2D eigenvalue weighted by Crippen LogP contribution is -2.30. The van der Waals surface area contributed by atoms with Crippen LogP contribution in [0.3, 0.4) is 0 Å². The highest BCUT2D eigenvalue weighted by Crippen LogP contribution is 2.16. The summed E-state index contributed by atoms with van der Waals surface area (Å²) in [5.41, 5.74) is 1.35. The average molecular weight is 275 g/mol. The van der Waals surface area contributed by atoms with Crippen molar-refractivity contribution in [3.63, 3.8) is 0 Å². The molecule has 0 saturated carbocycles. The van der Waals surface area contributed by atoms with Crippen molar-refractivity contribution >= 4 is 0 Å². The molecule has 1 unspecified atom stereocenters. The van der Waals surface area contributed by atoms with Crippen LogP contribution >= 0.6 is 0 Å². The molecule has 0 radical (unpaired) electrons. The molecule has 1 N–H and O–H groups in total. The van der Waals surface area contributed by atoms with Crippen LogP contribution in [0, 0.1) is 0 Å². The van der Waals surface area contributed by atoms with E-state index in [4.69, 9.17) is 4.74 Å². The van der Waals surface area contributed by atoms with Gasteiger partial charge >= 0.3 is 0 Å². The molecule has 0 heterocycles. The highest BCUT2D eigenvalue weighted by Gasteiger charge is 2.08. The first-order valence-corrected chi connectivity index (χ1v) is 7.77. The van der Waals surface area contributed by atoms with E-state index in [1.807, 2.05) is 12.1 Å². The van der Waals surface area contributed by atoms with E-state index in [0.29, 0.717) is 6.04 Å². The summed E-state index contributed by atoms with van der Waals surface area (Å²) in [5, 5.41) is 3.60. The number of nitrogens with one attached hydrogen (secondary N) is 1. The van der Waals surface area contributed by atoms with E-state index in [1.165, 1.54) is 31.2 Å². The van der Waals surface area contributed by atoms with Crippen LogP contribution in [0.15, 0.2) is 36.9 Å². The summed E-state index contributed by atoms with van der Waals surface area (Å²) in [6.07, 6.45) is 9.32. The largest absolute Gasteiger partial charge is 0.497 e. The molecule has 112 valence electrons. The first-order valence-electron chi connectivity index (χ1n) is 7.77. The Hall–Kier alpha value is -1.28. The molecule has 2 nitrogen and oxygen atoms in total. The molecule has 1 atom stereocenters. The van der Waals surface area contributed by atoms with Gasteiger partial charge in [-0.2, -0.15) is 0 Å². The third-order valence-electron chi connectivity index (χ3n) is 3.57. The maximum atomic E-state index is 5.29. The second-order valence-electron chi connectivity index (χ2n) is 5.24. The Bertz CT molecular complexity index is 375. The van der Waals surface area contributed by atoms with Gasteiger partial charge in [0.1, 0.15) is 5.75 Å². The van der Waals surface area contributed by atoms with E-state index in [-0.39, 0.29) is 0 Å². The number of hydrogen-bond acceptors (Lipinski definition) is 2. The zero-order valence-electron chi connectivity index (χ0n) is 13.0. The molecule has 0 bridgehead atoms. The first-order chi connectivity index (χ1) is 9.80. The quantitative estimate of drug-likeness (QED) is 0.479. The van der Waals surface area contributed by atoms with Crippen LogP contribution in [0.5, 0.6) is 5.75 Å². The van der Waals surface area contributed by atoms with Crippen molar-refractivity contribution in [3.05, 3.63) is 42.5 Å². The van der Waals surface area contributed by atoms with Gasteiger partial charge in [0.25, 0.3) is 0 Å². The smallest absolute Gasteiger partial charge is 0.119 e. The van der Waals surface area contributed by atoms with Gasteiger partial charge in [-0.25, -0.2) is 0 Å². The highest BCUT2D eigenvalue weighted by atomic mass is 16.5. The van der Waals surface area contributed by atoms with E-state index in [1.54, 1.807) is 7.11 Å². The van der Waals surface area contributed by atoms with Gasteiger partial charge in [-0.15, -0.1) is 6.58 Å². The minimum absolute atomic E-state index is 0.566. The maximum Gasteiger partial charge on any atom is 0.119 e. The normalized spacial score (nSPS) is 12.1. The fraction of sp³-hybridized carbons (Fsp3) is 0.556.